The minimum Gasteiger partial charge on any atom is -0.486 e. The molecular formula is C24H22N4O2. The van der Waals surface area contributed by atoms with Crippen LogP contribution in [-0.4, -0.2) is 19.6 Å². The predicted octanol–water partition coefficient (Wildman–Crippen LogP) is 5.41. The molecule has 5 aromatic rings. The quantitative estimate of drug-likeness (QED) is 0.405. The van der Waals surface area contributed by atoms with Gasteiger partial charge in [0.05, 0.1) is 5.52 Å². The summed E-state index contributed by atoms with van der Waals surface area (Å²) < 4.78 is 13.5. The monoisotopic (exact) mass is 398 g/mol. The van der Waals surface area contributed by atoms with Gasteiger partial charge in [-0.25, -0.2) is 14.5 Å². The molecule has 3 aromatic heterocycles. The third kappa shape index (κ3) is 3.41. The molecule has 0 N–H and O–H groups in total. The van der Waals surface area contributed by atoms with Gasteiger partial charge in [-0.15, -0.1) is 5.10 Å². The molecule has 0 aliphatic carbocycles. The van der Waals surface area contributed by atoms with Crippen molar-refractivity contribution < 1.29 is 9.15 Å². The number of benzene rings is 2. The first-order valence-corrected chi connectivity index (χ1v) is 9.90. The summed E-state index contributed by atoms with van der Waals surface area (Å²) in [5, 5.41) is 5.46. The molecule has 0 atom stereocenters. The Bertz CT molecular complexity index is 1330. The van der Waals surface area contributed by atoms with Crippen LogP contribution >= 0.6 is 0 Å². The highest BCUT2D eigenvalue weighted by atomic mass is 16.5. The molecule has 5 rings (SSSR count). The van der Waals surface area contributed by atoms with Gasteiger partial charge in [0.1, 0.15) is 24.4 Å². The van der Waals surface area contributed by atoms with Crippen molar-refractivity contribution in [3.8, 4) is 17.3 Å². The van der Waals surface area contributed by atoms with Gasteiger partial charge in [0.25, 0.3) is 0 Å². The largest absolute Gasteiger partial charge is 0.486 e. The van der Waals surface area contributed by atoms with Gasteiger partial charge in [0.2, 0.25) is 5.82 Å². The average molecular weight is 398 g/mol. The SMILES string of the molecule is CC(C)(C)c1ccc(OCc2ccc(-c3nc4c5ccccc5ncn4n3)o2)cc1. The van der Waals surface area contributed by atoms with Gasteiger partial charge < -0.3 is 9.15 Å². The van der Waals surface area contributed by atoms with Crippen LogP contribution in [0.2, 0.25) is 0 Å². The van der Waals surface area contributed by atoms with E-state index in [-0.39, 0.29) is 5.41 Å². The van der Waals surface area contributed by atoms with Crippen molar-refractivity contribution >= 4 is 16.6 Å². The number of furan rings is 1. The Balaban J connectivity index is 1.35. The van der Waals surface area contributed by atoms with E-state index in [1.165, 1.54) is 5.56 Å². The second-order valence-corrected chi connectivity index (χ2v) is 8.29. The van der Waals surface area contributed by atoms with Crippen LogP contribution in [0, 0.1) is 0 Å². The fourth-order valence-corrected chi connectivity index (χ4v) is 3.37. The zero-order chi connectivity index (χ0) is 20.7. The number of ether oxygens (including phenoxy) is 1. The maximum absolute atomic E-state index is 5.93. The highest BCUT2D eigenvalue weighted by Crippen LogP contribution is 2.26. The highest BCUT2D eigenvalue weighted by Gasteiger charge is 2.15. The summed E-state index contributed by atoms with van der Waals surface area (Å²) in [5.74, 6) is 2.65. The molecule has 0 aliphatic heterocycles. The number of hydrogen-bond donors (Lipinski definition) is 0. The van der Waals surface area contributed by atoms with Crippen molar-refractivity contribution in [2.24, 2.45) is 0 Å². The zero-order valence-corrected chi connectivity index (χ0v) is 17.2. The summed E-state index contributed by atoms with van der Waals surface area (Å²) in [6, 6.07) is 19.8. The fraction of sp³-hybridized carbons (Fsp3) is 0.208. The molecular weight excluding hydrogens is 376 g/mol. The lowest BCUT2D eigenvalue weighted by Gasteiger charge is -2.19. The van der Waals surface area contributed by atoms with E-state index in [1.54, 1.807) is 10.8 Å². The van der Waals surface area contributed by atoms with Crippen LogP contribution < -0.4 is 4.74 Å². The van der Waals surface area contributed by atoms with Gasteiger partial charge in [-0.1, -0.05) is 45.0 Å². The molecule has 150 valence electrons. The molecule has 0 aliphatic rings. The van der Waals surface area contributed by atoms with E-state index < -0.39 is 0 Å². The molecule has 2 aromatic carbocycles. The minimum atomic E-state index is 0.121. The third-order valence-electron chi connectivity index (χ3n) is 5.07. The van der Waals surface area contributed by atoms with Crippen molar-refractivity contribution in [1.82, 2.24) is 19.6 Å². The first-order valence-electron chi connectivity index (χ1n) is 9.90. The summed E-state index contributed by atoms with van der Waals surface area (Å²) in [5.41, 5.74) is 3.03. The van der Waals surface area contributed by atoms with Crippen molar-refractivity contribution in [2.75, 3.05) is 0 Å². The van der Waals surface area contributed by atoms with E-state index in [4.69, 9.17) is 9.15 Å². The fourth-order valence-electron chi connectivity index (χ4n) is 3.37. The summed E-state index contributed by atoms with van der Waals surface area (Å²) in [4.78, 5) is 9.07. The van der Waals surface area contributed by atoms with E-state index in [1.807, 2.05) is 48.5 Å². The lowest BCUT2D eigenvalue weighted by Crippen LogP contribution is -2.10. The summed E-state index contributed by atoms with van der Waals surface area (Å²) in [6.45, 7) is 6.92. The van der Waals surface area contributed by atoms with Crippen LogP contribution in [0.15, 0.2) is 71.4 Å². The van der Waals surface area contributed by atoms with Gasteiger partial charge in [-0.05, 0) is 47.4 Å². The van der Waals surface area contributed by atoms with Gasteiger partial charge in [0, 0.05) is 5.39 Å². The lowest BCUT2D eigenvalue weighted by molar-refractivity contribution is 0.271. The van der Waals surface area contributed by atoms with Crippen LogP contribution in [0.4, 0.5) is 0 Å². The molecule has 0 amide bonds. The van der Waals surface area contributed by atoms with Crippen LogP contribution in [-0.2, 0) is 12.0 Å². The Kier molecular flexibility index (Phi) is 4.28. The summed E-state index contributed by atoms with van der Waals surface area (Å²) in [7, 11) is 0. The van der Waals surface area contributed by atoms with Crippen molar-refractivity contribution in [2.45, 2.75) is 32.8 Å². The number of fused-ring (bicyclic) bond motifs is 3. The number of rotatable bonds is 4. The Morgan fingerprint density at radius 2 is 1.77 bits per heavy atom. The Hall–Kier alpha value is -3.67. The molecule has 3 heterocycles. The first-order chi connectivity index (χ1) is 14.5. The molecule has 6 nitrogen and oxygen atoms in total. The van der Waals surface area contributed by atoms with Crippen molar-refractivity contribution in [1.29, 1.82) is 0 Å². The second kappa shape index (κ2) is 6.99. The topological polar surface area (TPSA) is 65.5 Å². The first kappa shape index (κ1) is 18.4. The minimum absolute atomic E-state index is 0.121. The second-order valence-electron chi connectivity index (χ2n) is 8.29. The molecule has 0 spiro atoms. The van der Waals surface area contributed by atoms with E-state index in [9.17, 15) is 0 Å². The average Bonchev–Trinajstić information content (AvgIpc) is 3.39. The third-order valence-corrected chi connectivity index (χ3v) is 5.07. The standard InChI is InChI=1S/C24H22N4O2/c1-24(2,3)16-8-10-17(11-9-16)29-14-18-12-13-21(30-18)22-26-23-19-6-4-5-7-20(19)25-15-28(23)27-22/h4-13,15H,14H2,1-3H3. The molecule has 6 heteroatoms. The van der Waals surface area contributed by atoms with E-state index in [2.05, 4.69) is 48.0 Å². The Labute approximate surface area is 174 Å². The maximum Gasteiger partial charge on any atom is 0.217 e. The Morgan fingerprint density at radius 3 is 2.57 bits per heavy atom. The van der Waals surface area contributed by atoms with Crippen LogP contribution in [0.1, 0.15) is 32.1 Å². The number of nitrogens with zero attached hydrogens (tertiary/aromatic N) is 4. The van der Waals surface area contributed by atoms with Crippen molar-refractivity contribution in [3.63, 3.8) is 0 Å². The Morgan fingerprint density at radius 1 is 0.967 bits per heavy atom. The lowest BCUT2D eigenvalue weighted by atomic mass is 9.87. The molecule has 0 saturated heterocycles. The molecule has 30 heavy (non-hydrogen) atoms. The van der Waals surface area contributed by atoms with Crippen LogP contribution in [0.3, 0.4) is 0 Å². The normalized spacial score (nSPS) is 12.0. The number of aromatic nitrogens is 4. The van der Waals surface area contributed by atoms with E-state index >= 15 is 0 Å². The number of hydrogen-bond acceptors (Lipinski definition) is 5. The van der Waals surface area contributed by atoms with Crippen molar-refractivity contribution in [3.05, 3.63) is 78.3 Å². The molecule has 0 saturated carbocycles. The molecule has 0 fully saturated rings. The molecule has 0 unspecified atom stereocenters. The van der Waals surface area contributed by atoms with Crippen LogP contribution in [0.5, 0.6) is 5.75 Å². The van der Waals surface area contributed by atoms with Crippen LogP contribution in [0.25, 0.3) is 28.1 Å². The summed E-state index contributed by atoms with van der Waals surface area (Å²) >= 11 is 0. The van der Waals surface area contributed by atoms with E-state index in [0.717, 1.165) is 22.3 Å². The summed E-state index contributed by atoms with van der Waals surface area (Å²) in [6.07, 6.45) is 1.67. The molecule has 0 radical (unpaired) electrons. The molecule has 0 bridgehead atoms. The van der Waals surface area contributed by atoms with Gasteiger partial charge in [-0.3, -0.25) is 0 Å². The number of para-hydroxylation sites is 1. The maximum atomic E-state index is 5.93. The van der Waals surface area contributed by atoms with E-state index in [0.29, 0.717) is 24.0 Å². The van der Waals surface area contributed by atoms with Gasteiger partial charge >= 0.3 is 0 Å². The predicted molar refractivity (Wildman–Crippen MR) is 115 cm³/mol. The van der Waals surface area contributed by atoms with Gasteiger partial charge in [0.15, 0.2) is 11.4 Å². The smallest absolute Gasteiger partial charge is 0.217 e. The van der Waals surface area contributed by atoms with Gasteiger partial charge in [-0.2, -0.15) is 0 Å². The highest BCUT2D eigenvalue weighted by molar-refractivity contribution is 5.91. The zero-order valence-electron chi connectivity index (χ0n) is 17.2.